The minimum absolute atomic E-state index is 0.0276. The van der Waals surface area contributed by atoms with E-state index in [1.54, 1.807) is 27.7 Å². The van der Waals surface area contributed by atoms with Gasteiger partial charge in [-0.1, -0.05) is 48.5 Å². The lowest BCUT2D eigenvalue weighted by atomic mass is 9.98. The zero-order valence-corrected chi connectivity index (χ0v) is 25.4. The first-order valence-electron chi connectivity index (χ1n) is 14.4. The summed E-state index contributed by atoms with van der Waals surface area (Å²) in [5, 5.41) is 8.01. The van der Waals surface area contributed by atoms with E-state index in [0.29, 0.717) is 19.4 Å². The fourth-order valence-electron chi connectivity index (χ4n) is 4.79. The molecule has 10 nitrogen and oxygen atoms in total. The Morgan fingerprint density at radius 1 is 0.833 bits per heavy atom. The number of carbonyl (C=O) groups excluding carboxylic acids is 4. The first-order valence-corrected chi connectivity index (χ1v) is 14.4. The number of carbonyl (C=O) groups is 4. The van der Waals surface area contributed by atoms with Gasteiger partial charge in [0.05, 0.1) is 6.61 Å². The molecule has 3 N–H and O–H groups in total. The van der Waals surface area contributed by atoms with Crippen LogP contribution in [-0.4, -0.2) is 61.0 Å². The number of esters is 1. The molecule has 1 atom stereocenters. The van der Waals surface area contributed by atoms with E-state index in [4.69, 9.17) is 14.2 Å². The predicted octanol–water partition coefficient (Wildman–Crippen LogP) is 5.05. The Morgan fingerprint density at radius 2 is 1.43 bits per heavy atom. The number of nitrogens with one attached hydrogen (secondary N) is 3. The van der Waals surface area contributed by atoms with Crippen molar-refractivity contribution < 1.29 is 33.4 Å². The second kappa shape index (κ2) is 14.2. The molecule has 228 valence electrons. The van der Waals surface area contributed by atoms with Crippen molar-refractivity contribution >= 4 is 24.1 Å². The van der Waals surface area contributed by atoms with Crippen LogP contribution in [0.25, 0.3) is 11.1 Å². The molecule has 3 rings (SSSR count). The van der Waals surface area contributed by atoms with E-state index in [1.165, 1.54) is 13.8 Å². The SMILES string of the molecule is CCOC(=O)C(C)(C)NC(=O)[C@H](CCCCNC(=O)OCC1c2ccccc2-c2ccccc21)NC(=O)OC(C)(C)C. The lowest BCUT2D eigenvalue weighted by Crippen LogP contribution is -2.57. The Morgan fingerprint density at radius 3 is 2.00 bits per heavy atom. The molecule has 1 aliphatic rings. The molecule has 10 heteroatoms. The molecule has 0 bridgehead atoms. The molecule has 0 aliphatic heterocycles. The molecular weight excluding hydrogens is 538 g/mol. The molecule has 3 amide bonds. The highest BCUT2D eigenvalue weighted by atomic mass is 16.6. The van der Waals surface area contributed by atoms with E-state index in [0.717, 1.165) is 22.3 Å². The van der Waals surface area contributed by atoms with Gasteiger partial charge in [-0.05, 0) is 83.1 Å². The Bertz CT molecular complexity index is 1220. The van der Waals surface area contributed by atoms with Crippen LogP contribution < -0.4 is 16.0 Å². The van der Waals surface area contributed by atoms with Gasteiger partial charge in [-0.15, -0.1) is 0 Å². The van der Waals surface area contributed by atoms with Gasteiger partial charge in [0, 0.05) is 12.5 Å². The lowest BCUT2D eigenvalue weighted by molar-refractivity contribution is -0.152. The fraction of sp³-hybridized carbons (Fsp3) is 0.500. The van der Waals surface area contributed by atoms with Crippen molar-refractivity contribution in [1.82, 2.24) is 16.0 Å². The molecule has 2 aromatic rings. The molecular formula is C32H43N3O7. The van der Waals surface area contributed by atoms with E-state index in [1.807, 2.05) is 24.3 Å². The second-order valence-corrected chi connectivity index (χ2v) is 11.8. The Hall–Kier alpha value is -4.08. The summed E-state index contributed by atoms with van der Waals surface area (Å²) >= 11 is 0. The molecule has 42 heavy (non-hydrogen) atoms. The highest BCUT2D eigenvalue weighted by molar-refractivity contribution is 5.91. The summed E-state index contributed by atoms with van der Waals surface area (Å²) in [5.41, 5.74) is 2.56. The number of fused-ring (bicyclic) bond motifs is 3. The summed E-state index contributed by atoms with van der Waals surface area (Å²) in [4.78, 5) is 50.2. The maximum absolute atomic E-state index is 13.0. The van der Waals surface area contributed by atoms with Gasteiger partial charge < -0.3 is 30.2 Å². The zero-order chi connectivity index (χ0) is 30.9. The smallest absolute Gasteiger partial charge is 0.408 e. The summed E-state index contributed by atoms with van der Waals surface area (Å²) in [6.45, 7) is 10.6. The zero-order valence-electron chi connectivity index (χ0n) is 25.4. The van der Waals surface area contributed by atoms with Gasteiger partial charge in [0.2, 0.25) is 5.91 Å². The number of hydrogen-bond donors (Lipinski definition) is 3. The van der Waals surface area contributed by atoms with Crippen LogP contribution in [0.2, 0.25) is 0 Å². The molecule has 2 aromatic carbocycles. The normalized spacial score (nSPS) is 13.3. The Kier molecular flexibility index (Phi) is 11.0. The Labute approximate surface area is 247 Å². The Balaban J connectivity index is 1.49. The van der Waals surface area contributed by atoms with Crippen LogP contribution in [0.1, 0.15) is 77.8 Å². The standard InChI is InChI=1S/C32H43N3O7/c1-7-40-28(37)32(5,6)35-27(36)26(34-30(39)42-31(2,3)4)18-12-13-19-33-29(38)41-20-25-23-16-10-8-14-21(23)22-15-9-11-17-24(22)25/h8-11,14-17,25-26H,7,12-13,18-20H2,1-6H3,(H,33,38)(H,34,39)(H,35,36)/t26-/m0/s1. The van der Waals surface area contributed by atoms with Crippen LogP contribution in [0.3, 0.4) is 0 Å². The van der Waals surface area contributed by atoms with Crippen molar-refractivity contribution in [3.05, 3.63) is 59.7 Å². The summed E-state index contributed by atoms with van der Waals surface area (Å²) in [7, 11) is 0. The largest absolute Gasteiger partial charge is 0.464 e. The highest BCUT2D eigenvalue weighted by Crippen LogP contribution is 2.44. The van der Waals surface area contributed by atoms with Gasteiger partial charge >= 0.3 is 18.2 Å². The molecule has 0 heterocycles. The van der Waals surface area contributed by atoms with Crippen molar-refractivity contribution in [2.45, 2.75) is 83.9 Å². The third kappa shape index (κ3) is 8.96. The first-order chi connectivity index (χ1) is 19.8. The quantitative estimate of drug-likeness (QED) is 0.182. The van der Waals surface area contributed by atoms with E-state index >= 15 is 0 Å². The highest BCUT2D eigenvalue weighted by Gasteiger charge is 2.34. The first kappa shape index (κ1) is 32.4. The fourth-order valence-corrected chi connectivity index (χ4v) is 4.79. The summed E-state index contributed by atoms with van der Waals surface area (Å²) in [5.74, 6) is -1.15. The van der Waals surface area contributed by atoms with Gasteiger partial charge in [0.15, 0.2) is 0 Å². The molecule has 0 unspecified atom stereocenters. The van der Waals surface area contributed by atoms with Crippen molar-refractivity contribution in [3.8, 4) is 11.1 Å². The van der Waals surface area contributed by atoms with Crippen LogP contribution in [-0.2, 0) is 23.8 Å². The minimum Gasteiger partial charge on any atom is -0.464 e. The van der Waals surface area contributed by atoms with Crippen LogP contribution in [0.4, 0.5) is 9.59 Å². The van der Waals surface area contributed by atoms with Crippen molar-refractivity contribution in [1.29, 1.82) is 0 Å². The molecule has 1 aliphatic carbocycles. The number of unbranched alkanes of at least 4 members (excludes halogenated alkanes) is 1. The minimum atomic E-state index is -1.29. The average molecular weight is 582 g/mol. The number of benzene rings is 2. The summed E-state index contributed by atoms with van der Waals surface area (Å²) < 4.78 is 15.9. The molecule has 0 aromatic heterocycles. The second-order valence-electron chi connectivity index (χ2n) is 11.8. The van der Waals surface area contributed by atoms with Crippen molar-refractivity contribution in [3.63, 3.8) is 0 Å². The van der Waals surface area contributed by atoms with E-state index in [-0.39, 0.29) is 25.6 Å². The third-order valence-corrected chi connectivity index (χ3v) is 6.76. The predicted molar refractivity (Wildman–Crippen MR) is 159 cm³/mol. The number of hydrogen-bond acceptors (Lipinski definition) is 7. The maximum Gasteiger partial charge on any atom is 0.408 e. The third-order valence-electron chi connectivity index (χ3n) is 6.76. The van der Waals surface area contributed by atoms with Crippen LogP contribution in [0.15, 0.2) is 48.5 Å². The summed E-state index contributed by atoms with van der Waals surface area (Å²) in [6, 6.07) is 15.3. The molecule has 0 saturated heterocycles. The molecule has 0 spiro atoms. The number of alkyl carbamates (subject to hydrolysis) is 2. The van der Waals surface area contributed by atoms with Gasteiger partial charge in [0.25, 0.3) is 0 Å². The number of ether oxygens (including phenoxy) is 3. The number of amides is 3. The van der Waals surface area contributed by atoms with Crippen LogP contribution >= 0.6 is 0 Å². The van der Waals surface area contributed by atoms with Crippen LogP contribution in [0, 0.1) is 0 Å². The summed E-state index contributed by atoms with van der Waals surface area (Å²) in [6.07, 6.45) is 0.0291. The monoisotopic (exact) mass is 581 g/mol. The van der Waals surface area contributed by atoms with E-state index < -0.39 is 41.2 Å². The van der Waals surface area contributed by atoms with Gasteiger partial charge in [-0.3, -0.25) is 4.79 Å². The van der Waals surface area contributed by atoms with E-state index in [9.17, 15) is 19.2 Å². The number of rotatable bonds is 12. The van der Waals surface area contributed by atoms with Crippen molar-refractivity contribution in [2.24, 2.45) is 0 Å². The topological polar surface area (TPSA) is 132 Å². The lowest BCUT2D eigenvalue weighted by Gasteiger charge is -2.28. The molecule has 0 saturated carbocycles. The van der Waals surface area contributed by atoms with Gasteiger partial charge in [-0.25, -0.2) is 14.4 Å². The average Bonchev–Trinajstić information content (AvgIpc) is 3.23. The van der Waals surface area contributed by atoms with Crippen molar-refractivity contribution in [2.75, 3.05) is 19.8 Å². The maximum atomic E-state index is 13.0. The van der Waals surface area contributed by atoms with E-state index in [2.05, 4.69) is 40.2 Å². The van der Waals surface area contributed by atoms with Crippen LogP contribution in [0.5, 0.6) is 0 Å². The van der Waals surface area contributed by atoms with Gasteiger partial charge in [-0.2, -0.15) is 0 Å². The molecule has 0 fully saturated rings. The van der Waals surface area contributed by atoms with Gasteiger partial charge in [0.1, 0.15) is 23.8 Å². The molecule has 0 radical (unpaired) electrons.